The molecule has 2 aromatic carbocycles. The maximum Gasteiger partial charge on any atom is 0.270 e. The standard InChI is InChI=1S/C19H20N4O3S2/c1-12-9-10-16(13(2)11-12)14(3)23-28(25,26)19-22-21-18(27-19)20-17(24)15-7-5-4-6-8-15/h4-11,14,23H,1-3H3,(H,20,21,24). The van der Waals surface area contributed by atoms with E-state index < -0.39 is 16.1 Å². The van der Waals surface area contributed by atoms with E-state index in [4.69, 9.17) is 0 Å². The highest BCUT2D eigenvalue weighted by atomic mass is 32.2. The molecule has 9 heteroatoms. The lowest BCUT2D eigenvalue weighted by atomic mass is 10.0. The first-order valence-corrected chi connectivity index (χ1v) is 10.9. The molecule has 1 atom stereocenters. The van der Waals surface area contributed by atoms with Crippen molar-refractivity contribution >= 4 is 32.4 Å². The number of hydrogen-bond donors (Lipinski definition) is 2. The maximum absolute atomic E-state index is 12.6. The van der Waals surface area contributed by atoms with Gasteiger partial charge in [0.2, 0.25) is 9.47 Å². The third-order valence-electron chi connectivity index (χ3n) is 4.12. The summed E-state index contributed by atoms with van der Waals surface area (Å²) in [5.41, 5.74) is 3.45. The van der Waals surface area contributed by atoms with Crippen LogP contribution in [-0.2, 0) is 10.0 Å². The molecule has 0 bridgehead atoms. The number of carbonyl (C=O) groups excluding carboxylic acids is 1. The van der Waals surface area contributed by atoms with E-state index in [1.54, 1.807) is 37.3 Å². The molecule has 1 unspecified atom stereocenters. The zero-order valence-electron chi connectivity index (χ0n) is 15.6. The number of benzene rings is 2. The van der Waals surface area contributed by atoms with Gasteiger partial charge in [0.1, 0.15) is 0 Å². The summed E-state index contributed by atoms with van der Waals surface area (Å²) in [6, 6.07) is 14.0. The lowest BCUT2D eigenvalue weighted by Crippen LogP contribution is -2.27. The van der Waals surface area contributed by atoms with E-state index in [1.165, 1.54) is 0 Å². The van der Waals surface area contributed by atoms with Crippen molar-refractivity contribution in [1.29, 1.82) is 0 Å². The molecule has 7 nitrogen and oxygen atoms in total. The second-order valence-corrected chi connectivity index (χ2v) is 9.26. The van der Waals surface area contributed by atoms with Crippen LogP contribution in [-0.4, -0.2) is 24.5 Å². The van der Waals surface area contributed by atoms with Crippen molar-refractivity contribution < 1.29 is 13.2 Å². The molecule has 146 valence electrons. The molecule has 0 aliphatic carbocycles. The molecule has 0 aliphatic rings. The van der Waals surface area contributed by atoms with Crippen LogP contribution in [0, 0.1) is 13.8 Å². The summed E-state index contributed by atoms with van der Waals surface area (Å²) in [6.45, 7) is 5.70. The van der Waals surface area contributed by atoms with Gasteiger partial charge in [-0.05, 0) is 44.0 Å². The van der Waals surface area contributed by atoms with Crippen molar-refractivity contribution in [2.45, 2.75) is 31.2 Å². The molecule has 0 saturated heterocycles. The molecule has 1 aromatic heterocycles. The first-order valence-electron chi connectivity index (χ1n) is 8.55. The molecular formula is C19H20N4O3S2. The van der Waals surface area contributed by atoms with Crippen molar-refractivity contribution in [2.75, 3.05) is 5.32 Å². The maximum atomic E-state index is 12.6. The summed E-state index contributed by atoms with van der Waals surface area (Å²) in [6.07, 6.45) is 0. The van der Waals surface area contributed by atoms with Crippen molar-refractivity contribution in [1.82, 2.24) is 14.9 Å². The summed E-state index contributed by atoms with van der Waals surface area (Å²) in [7, 11) is -3.87. The van der Waals surface area contributed by atoms with Gasteiger partial charge in [-0.3, -0.25) is 10.1 Å². The Hall–Kier alpha value is -2.62. The number of rotatable bonds is 6. The second kappa shape index (κ2) is 8.17. The van der Waals surface area contributed by atoms with E-state index in [1.807, 2.05) is 32.0 Å². The van der Waals surface area contributed by atoms with Gasteiger partial charge in [0.15, 0.2) is 0 Å². The topological polar surface area (TPSA) is 101 Å². The fourth-order valence-corrected chi connectivity index (χ4v) is 4.92. The fraction of sp³-hybridized carbons (Fsp3) is 0.211. The minimum atomic E-state index is -3.87. The number of carbonyl (C=O) groups is 1. The fourth-order valence-electron chi connectivity index (χ4n) is 2.79. The third-order valence-corrected chi connectivity index (χ3v) is 6.86. The highest BCUT2D eigenvalue weighted by molar-refractivity contribution is 7.91. The highest BCUT2D eigenvalue weighted by Crippen LogP contribution is 2.24. The minimum Gasteiger partial charge on any atom is -0.296 e. The number of hydrogen-bond acceptors (Lipinski definition) is 6. The monoisotopic (exact) mass is 416 g/mol. The third kappa shape index (κ3) is 4.61. The summed E-state index contributed by atoms with van der Waals surface area (Å²) in [4.78, 5) is 12.2. The average molecular weight is 417 g/mol. The van der Waals surface area contributed by atoms with E-state index in [0.717, 1.165) is 28.0 Å². The van der Waals surface area contributed by atoms with Gasteiger partial charge in [0, 0.05) is 11.6 Å². The van der Waals surface area contributed by atoms with Gasteiger partial charge in [-0.25, -0.2) is 13.1 Å². The summed E-state index contributed by atoms with van der Waals surface area (Å²) in [5, 5.41) is 10.2. The van der Waals surface area contributed by atoms with E-state index in [0.29, 0.717) is 5.56 Å². The molecule has 1 heterocycles. The molecule has 0 radical (unpaired) electrons. The zero-order valence-corrected chi connectivity index (χ0v) is 17.3. The summed E-state index contributed by atoms with van der Waals surface area (Å²) in [5.74, 6) is -0.377. The molecule has 1 amide bonds. The van der Waals surface area contributed by atoms with Crippen LogP contribution in [0.3, 0.4) is 0 Å². The largest absolute Gasteiger partial charge is 0.296 e. The number of nitrogens with one attached hydrogen (secondary N) is 2. The normalized spacial score (nSPS) is 12.5. The van der Waals surface area contributed by atoms with Gasteiger partial charge in [-0.2, -0.15) is 0 Å². The van der Waals surface area contributed by atoms with Gasteiger partial charge < -0.3 is 0 Å². The van der Waals surface area contributed by atoms with Crippen LogP contribution in [0.15, 0.2) is 52.9 Å². The number of sulfonamides is 1. The SMILES string of the molecule is Cc1ccc(C(C)NS(=O)(=O)c2nnc(NC(=O)c3ccccc3)s2)c(C)c1. The zero-order chi connectivity index (χ0) is 20.3. The number of anilines is 1. The van der Waals surface area contributed by atoms with Crippen molar-refractivity contribution in [2.24, 2.45) is 0 Å². The van der Waals surface area contributed by atoms with Gasteiger partial charge in [0.05, 0.1) is 0 Å². The second-order valence-electron chi connectivity index (χ2n) is 6.40. The molecule has 3 rings (SSSR count). The van der Waals surface area contributed by atoms with Crippen molar-refractivity contribution in [3.63, 3.8) is 0 Å². The molecule has 3 aromatic rings. The Morgan fingerprint density at radius 2 is 1.79 bits per heavy atom. The Bertz CT molecular complexity index is 1100. The quantitative estimate of drug-likeness (QED) is 0.600. The Labute approximate surface area is 167 Å². The molecule has 0 aliphatic heterocycles. The van der Waals surface area contributed by atoms with Gasteiger partial charge in [0.25, 0.3) is 15.9 Å². The molecular weight excluding hydrogens is 396 g/mol. The predicted molar refractivity (Wildman–Crippen MR) is 109 cm³/mol. The van der Waals surface area contributed by atoms with Gasteiger partial charge in [-0.1, -0.05) is 53.3 Å². The lowest BCUT2D eigenvalue weighted by molar-refractivity contribution is 0.102. The van der Waals surface area contributed by atoms with Crippen LogP contribution in [0.2, 0.25) is 0 Å². The number of aryl methyl sites for hydroxylation is 2. The van der Waals surface area contributed by atoms with Crippen molar-refractivity contribution in [3.8, 4) is 0 Å². The van der Waals surface area contributed by atoms with Crippen LogP contribution >= 0.6 is 11.3 Å². The van der Waals surface area contributed by atoms with E-state index >= 15 is 0 Å². The predicted octanol–water partition coefficient (Wildman–Crippen LogP) is 3.45. The van der Waals surface area contributed by atoms with Gasteiger partial charge in [-0.15, -0.1) is 10.2 Å². The van der Waals surface area contributed by atoms with Crippen LogP contribution in [0.5, 0.6) is 0 Å². The van der Waals surface area contributed by atoms with Crippen molar-refractivity contribution in [3.05, 3.63) is 70.8 Å². The average Bonchev–Trinajstić information content (AvgIpc) is 3.11. The number of aromatic nitrogens is 2. The highest BCUT2D eigenvalue weighted by Gasteiger charge is 2.24. The molecule has 0 fully saturated rings. The Balaban J connectivity index is 1.73. The van der Waals surface area contributed by atoms with E-state index in [2.05, 4.69) is 20.2 Å². The van der Waals surface area contributed by atoms with Gasteiger partial charge >= 0.3 is 0 Å². The van der Waals surface area contributed by atoms with Crippen LogP contribution in [0.25, 0.3) is 0 Å². The number of amides is 1. The molecule has 28 heavy (non-hydrogen) atoms. The van der Waals surface area contributed by atoms with E-state index in [-0.39, 0.29) is 15.4 Å². The molecule has 0 saturated carbocycles. The first kappa shape index (κ1) is 20.1. The van der Waals surface area contributed by atoms with Crippen LogP contribution in [0.4, 0.5) is 5.13 Å². The molecule has 0 spiro atoms. The summed E-state index contributed by atoms with van der Waals surface area (Å²) >= 11 is 0.802. The van der Waals surface area contributed by atoms with Crippen LogP contribution < -0.4 is 10.0 Å². The Kier molecular flexibility index (Phi) is 5.87. The van der Waals surface area contributed by atoms with Crippen LogP contribution in [0.1, 0.15) is 40.0 Å². The number of nitrogens with zero attached hydrogens (tertiary/aromatic N) is 2. The lowest BCUT2D eigenvalue weighted by Gasteiger charge is -2.16. The smallest absolute Gasteiger partial charge is 0.270 e. The Morgan fingerprint density at radius 3 is 2.46 bits per heavy atom. The Morgan fingerprint density at radius 1 is 1.07 bits per heavy atom. The summed E-state index contributed by atoms with van der Waals surface area (Å²) < 4.78 is 27.7. The minimum absolute atomic E-state index is 0.119. The van der Waals surface area contributed by atoms with E-state index in [9.17, 15) is 13.2 Å². The first-order chi connectivity index (χ1) is 13.3. The molecule has 2 N–H and O–H groups in total.